The van der Waals surface area contributed by atoms with Crippen LogP contribution in [0.5, 0.6) is 11.5 Å². The zero-order valence-corrected chi connectivity index (χ0v) is 16.6. The Bertz CT molecular complexity index is 1060. The first-order chi connectivity index (χ1) is 14.3. The number of ether oxygens (including phenoxy) is 2. The van der Waals surface area contributed by atoms with E-state index in [0.29, 0.717) is 0 Å². The summed E-state index contributed by atoms with van der Waals surface area (Å²) < 4.78 is 10.8. The Kier molecular flexibility index (Phi) is 6.21. The summed E-state index contributed by atoms with van der Waals surface area (Å²) in [5.41, 5.74) is 7.24. The SMILES string of the molecule is C.C.COc1ccc(C2(c3ccc(OC)cc3)c3ccccc3-c3ccccc32)cc1. The van der Waals surface area contributed by atoms with Crippen LogP contribution in [0.25, 0.3) is 11.1 Å². The number of rotatable bonds is 4. The zero-order chi connectivity index (χ0) is 19.8. The molecule has 4 aromatic carbocycles. The maximum atomic E-state index is 5.42. The topological polar surface area (TPSA) is 18.5 Å². The molecule has 5 rings (SSSR count). The molecule has 0 fully saturated rings. The summed E-state index contributed by atoms with van der Waals surface area (Å²) in [6.45, 7) is 0. The van der Waals surface area contributed by atoms with Gasteiger partial charge in [-0.25, -0.2) is 0 Å². The fraction of sp³-hybridized carbons (Fsp3) is 0.172. The molecule has 0 amide bonds. The first kappa shape index (κ1) is 22.2. The van der Waals surface area contributed by atoms with Gasteiger partial charge in [-0.3, -0.25) is 0 Å². The molecule has 0 N–H and O–H groups in total. The second kappa shape index (κ2) is 8.69. The quantitative estimate of drug-likeness (QED) is 0.309. The number of methoxy groups -OCH3 is 2. The van der Waals surface area contributed by atoms with Crippen LogP contribution in [0.4, 0.5) is 0 Å². The maximum Gasteiger partial charge on any atom is 0.118 e. The van der Waals surface area contributed by atoms with Crippen LogP contribution in [0.3, 0.4) is 0 Å². The van der Waals surface area contributed by atoms with Gasteiger partial charge in [-0.05, 0) is 57.6 Å². The van der Waals surface area contributed by atoms with E-state index in [1.807, 2.05) is 24.3 Å². The van der Waals surface area contributed by atoms with Crippen molar-refractivity contribution < 1.29 is 9.47 Å². The standard InChI is InChI=1S/C27H22O2.2CH4/c1-28-21-15-11-19(12-16-21)27(20-13-17-22(29-2)18-14-20)25-9-5-3-7-23(25)24-8-4-6-10-26(24)27;;/h3-18H,1-2H3;2*1H4. The van der Waals surface area contributed by atoms with E-state index in [9.17, 15) is 0 Å². The van der Waals surface area contributed by atoms with Crippen molar-refractivity contribution in [2.45, 2.75) is 20.3 Å². The second-order valence-electron chi connectivity index (χ2n) is 7.30. The van der Waals surface area contributed by atoms with Gasteiger partial charge in [-0.2, -0.15) is 0 Å². The third-order valence-electron chi connectivity index (χ3n) is 6.00. The predicted molar refractivity (Wildman–Crippen MR) is 130 cm³/mol. The van der Waals surface area contributed by atoms with Crippen LogP contribution in [-0.2, 0) is 5.41 Å². The van der Waals surface area contributed by atoms with Crippen LogP contribution < -0.4 is 9.47 Å². The Morgan fingerprint density at radius 3 is 1.19 bits per heavy atom. The molecule has 2 heteroatoms. The molecular formula is C29H30O2. The highest BCUT2D eigenvalue weighted by Crippen LogP contribution is 2.56. The molecule has 31 heavy (non-hydrogen) atoms. The Morgan fingerprint density at radius 2 is 0.839 bits per heavy atom. The van der Waals surface area contributed by atoms with E-state index in [-0.39, 0.29) is 20.3 Å². The molecule has 158 valence electrons. The Labute approximate surface area is 186 Å². The summed E-state index contributed by atoms with van der Waals surface area (Å²) in [5.74, 6) is 1.72. The average molecular weight is 411 g/mol. The van der Waals surface area contributed by atoms with Crippen molar-refractivity contribution in [1.29, 1.82) is 0 Å². The van der Waals surface area contributed by atoms with Gasteiger partial charge in [0.15, 0.2) is 0 Å². The number of fused-ring (bicyclic) bond motifs is 3. The van der Waals surface area contributed by atoms with Crippen molar-refractivity contribution >= 4 is 0 Å². The molecule has 0 saturated carbocycles. The van der Waals surface area contributed by atoms with E-state index in [1.54, 1.807) is 14.2 Å². The van der Waals surface area contributed by atoms with Crippen molar-refractivity contribution in [2.24, 2.45) is 0 Å². The van der Waals surface area contributed by atoms with Crippen LogP contribution in [-0.4, -0.2) is 14.2 Å². The van der Waals surface area contributed by atoms with E-state index < -0.39 is 0 Å². The molecule has 0 saturated heterocycles. The number of benzene rings is 4. The number of hydrogen-bond acceptors (Lipinski definition) is 2. The lowest BCUT2D eigenvalue weighted by atomic mass is 9.68. The second-order valence-corrected chi connectivity index (χ2v) is 7.30. The summed E-state index contributed by atoms with van der Waals surface area (Å²) in [6.07, 6.45) is 0. The molecule has 0 atom stereocenters. The van der Waals surface area contributed by atoms with Crippen LogP contribution in [0.15, 0.2) is 97.1 Å². The van der Waals surface area contributed by atoms with Crippen LogP contribution in [0.2, 0.25) is 0 Å². The molecular weight excluding hydrogens is 380 g/mol. The Balaban J connectivity index is 0.00000136. The van der Waals surface area contributed by atoms with Crippen LogP contribution in [0, 0.1) is 0 Å². The minimum absolute atomic E-state index is 0. The monoisotopic (exact) mass is 410 g/mol. The largest absolute Gasteiger partial charge is 0.497 e. The molecule has 0 aliphatic heterocycles. The van der Waals surface area contributed by atoms with Crippen LogP contribution >= 0.6 is 0 Å². The summed E-state index contributed by atoms with van der Waals surface area (Å²) in [7, 11) is 3.41. The maximum absolute atomic E-state index is 5.42. The van der Waals surface area contributed by atoms with Gasteiger partial charge in [0.05, 0.1) is 19.6 Å². The lowest BCUT2D eigenvalue weighted by molar-refractivity contribution is 0.414. The Morgan fingerprint density at radius 1 is 0.484 bits per heavy atom. The van der Waals surface area contributed by atoms with E-state index in [0.717, 1.165) is 11.5 Å². The normalized spacial score (nSPS) is 12.6. The van der Waals surface area contributed by atoms with Gasteiger partial charge in [0.1, 0.15) is 11.5 Å². The molecule has 0 heterocycles. The van der Waals surface area contributed by atoms with Gasteiger partial charge in [0.25, 0.3) is 0 Å². The molecule has 0 bridgehead atoms. The lowest BCUT2D eigenvalue weighted by Crippen LogP contribution is -2.28. The average Bonchev–Trinajstić information content (AvgIpc) is 3.11. The lowest BCUT2D eigenvalue weighted by Gasteiger charge is -2.34. The zero-order valence-electron chi connectivity index (χ0n) is 16.6. The minimum atomic E-state index is -0.383. The van der Waals surface area contributed by atoms with E-state index in [1.165, 1.54) is 33.4 Å². The highest BCUT2D eigenvalue weighted by atomic mass is 16.5. The van der Waals surface area contributed by atoms with Gasteiger partial charge in [-0.1, -0.05) is 87.6 Å². The fourth-order valence-corrected chi connectivity index (χ4v) is 4.71. The molecule has 2 nitrogen and oxygen atoms in total. The smallest absolute Gasteiger partial charge is 0.118 e. The first-order valence-corrected chi connectivity index (χ1v) is 9.77. The summed E-state index contributed by atoms with van der Waals surface area (Å²) in [5, 5.41) is 0. The van der Waals surface area contributed by atoms with Crippen LogP contribution in [0.1, 0.15) is 37.1 Å². The fourth-order valence-electron chi connectivity index (χ4n) is 4.71. The highest BCUT2D eigenvalue weighted by Gasteiger charge is 2.45. The molecule has 0 aromatic heterocycles. The van der Waals surface area contributed by atoms with E-state index in [2.05, 4.69) is 72.8 Å². The minimum Gasteiger partial charge on any atom is -0.497 e. The Hall–Kier alpha value is -3.52. The molecule has 0 spiro atoms. The van der Waals surface area contributed by atoms with Gasteiger partial charge in [0, 0.05) is 0 Å². The molecule has 4 aromatic rings. The first-order valence-electron chi connectivity index (χ1n) is 9.77. The predicted octanol–water partition coefficient (Wildman–Crippen LogP) is 7.34. The third kappa shape index (κ3) is 3.19. The molecule has 0 unspecified atom stereocenters. The van der Waals surface area contributed by atoms with Gasteiger partial charge >= 0.3 is 0 Å². The molecule has 1 aliphatic rings. The van der Waals surface area contributed by atoms with Crippen molar-refractivity contribution in [2.75, 3.05) is 14.2 Å². The summed E-state index contributed by atoms with van der Waals surface area (Å²) in [6, 6.07) is 34.4. The van der Waals surface area contributed by atoms with Gasteiger partial charge in [0.2, 0.25) is 0 Å². The van der Waals surface area contributed by atoms with Crippen molar-refractivity contribution in [1.82, 2.24) is 0 Å². The molecule has 1 aliphatic carbocycles. The summed E-state index contributed by atoms with van der Waals surface area (Å²) >= 11 is 0. The van der Waals surface area contributed by atoms with Gasteiger partial charge in [-0.15, -0.1) is 0 Å². The van der Waals surface area contributed by atoms with Crippen molar-refractivity contribution in [3.8, 4) is 22.6 Å². The molecule has 0 radical (unpaired) electrons. The number of hydrogen-bond donors (Lipinski definition) is 0. The van der Waals surface area contributed by atoms with E-state index >= 15 is 0 Å². The van der Waals surface area contributed by atoms with E-state index in [4.69, 9.17) is 9.47 Å². The van der Waals surface area contributed by atoms with Crippen molar-refractivity contribution in [3.05, 3.63) is 119 Å². The van der Waals surface area contributed by atoms with Crippen molar-refractivity contribution in [3.63, 3.8) is 0 Å². The summed E-state index contributed by atoms with van der Waals surface area (Å²) in [4.78, 5) is 0. The third-order valence-corrected chi connectivity index (χ3v) is 6.00. The highest BCUT2D eigenvalue weighted by molar-refractivity contribution is 5.86. The van der Waals surface area contributed by atoms with Gasteiger partial charge < -0.3 is 9.47 Å².